The van der Waals surface area contributed by atoms with Gasteiger partial charge < -0.3 is 29.9 Å². The number of likely N-dealkylation sites (N-methyl/N-ethyl adjacent to an activating group) is 1. The van der Waals surface area contributed by atoms with Crippen LogP contribution in [0.15, 0.2) is 54.7 Å². The predicted molar refractivity (Wildman–Crippen MR) is 134 cm³/mol. The first kappa shape index (κ1) is 23.3. The lowest BCUT2D eigenvalue weighted by molar-refractivity contribution is -0.126. The molecule has 1 saturated heterocycles. The molecule has 1 aromatic heterocycles. The average Bonchev–Trinajstić information content (AvgIpc) is 2.88. The summed E-state index contributed by atoms with van der Waals surface area (Å²) in [5.41, 5.74) is 4.52. The van der Waals surface area contributed by atoms with Gasteiger partial charge in [-0.3, -0.25) is 4.79 Å². The topological polar surface area (TPSA) is 91.8 Å². The minimum Gasteiger partial charge on any atom is -0.495 e. The highest BCUT2D eigenvalue weighted by molar-refractivity contribution is 5.80. The molecule has 2 N–H and O–H groups in total. The number of carbonyl (C=O) groups excluding carboxylic acids is 1. The lowest BCUT2D eigenvalue weighted by Crippen LogP contribution is -2.36. The minimum atomic E-state index is 0.0187. The lowest BCUT2D eigenvalue weighted by Gasteiger charge is -2.30. The Labute approximate surface area is 199 Å². The Morgan fingerprint density at radius 1 is 1.09 bits per heavy atom. The maximum Gasteiger partial charge on any atom is 0.241 e. The van der Waals surface area contributed by atoms with Crippen LogP contribution in [0.4, 0.5) is 23.0 Å². The number of nitrogens with zero attached hydrogens (tertiary/aromatic N) is 4. The van der Waals surface area contributed by atoms with Gasteiger partial charge in [0.1, 0.15) is 5.75 Å². The van der Waals surface area contributed by atoms with Crippen LogP contribution in [-0.4, -0.2) is 74.8 Å². The van der Waals surface area contributed by atoms with Crippen molar-refractivity contribution in [2.75, 3.05) is 69.6 Å². The van der Waals surface area contributed by atoms with Crippen LogP contribution in [0.2, 0.25) is 0 Å². The molecular formula is C25H30N6O3. The Balaban J connectivity index is 1.45. The molecule has 1 aliphatic rings. The van der Waals surface area contributed by atoms with Crippen LogP contribution in [-0.2, 0) is 9.53 Å². The van der Waals surface area contributed by atoms with Gasteiger partial charge in [-0.05, 0) is 30.3 Å². The van der Waals surface area contributed by atoms with E-state index in [0.717, 1.165) is 60.4 Å². The zero-order valence-corrected chi connectivity index (χ0v) is 19.7. The van der Waals surface area contributed by atoms with Crippen LogP contribution in [0, 0.1) is 0 Å². The lowest BCUT2D eigenvalue weighted by atomic mass is 10.1. The summed E-state index contributed by atoms with van der Waals surface area (Å²) >= 11 is 0. The number of anilines is 4. The van der Waals surface area contributed by atoms with Crippen LogP contribution >= 0.6 is 0 Å². The maximum absolute atomic E-state index is 11.8. The van der Waals surface area contributed by atoms with E-state index in [1.165, 1.54) is 0 Å². The number of benzene rings is 2. The first-order valence-corrected chi connectivity index (χ1v) is 11.2. The van der Waals surface area contributed by atoms with Crippen molar-refractivity contribution in [3.63, 3.8) is 0 Å². The van der Waals surface area contributed by atoms with Gasteiger partial charge in [0, 0.05) is 56.4 Å². The first-order chi connectivity index (χ1) is 16.5. The molecule has 1 aliphatic heterocycles. The molecule has 0 spiro atoms. The predicted octanol–water partition coefficient (Wildman–Crippen LogP) is 3.23. The minimum absolute atomic E-state index is 0.0187. The molecule has 3 aromatic rings. The molecule has 0 bridgehead atoms. The molecule has 9 heteroatoms. The van der Waals surface area contributed by atoms with E-state index in [0.29, 0.717) is 5.95 Å². The molecule has 2 heterocycles. The number of morpholine rings is 1. The summed E-state index contributed by atoms with van der Waals surface area (Å²) in [4.78, 5) is 24.6. The molecule has 1 fully saturated rings. The highest BCUT2D eigenvalue weighted by Gasteiger charge is 2.16. The van der Waals surface area contributed by atoms with Gasteiger partial charge in [0.2, 0.25) is 11.9 Å². The second-order valence-corrected chi connectivity index (χ2v) is 8.10. The summed E-state index contributed by atoms with van der Waals surface area (Å²) in [6.07, 6.45) is 1.73. The molecule has 34 heavy (non-hydrogen) atoms. The summed E-state index contributed by atoms with van der Waals surface area (Å²) in [6.45, 7) is 3.37. The smallest absolute Gasteiger partial charge is 0.241 e. The molecule has 0 saturated carbocycles. The Morgan fingerprint density at radius 3 is 2.53 bits per heavy atom. The van der Waals surface area contributed by atoms with Gasteiger partial charge in [-0.25, -0.2) is 9.97 Å². The van der Waals surface area contributed by atoms with Crippen molar-refractivity contribution in [2.45, 2.75) is 0 Å². The molecule has 0 atom stereocenters. The Morgan fingerprint density at radius 2 is 1.82 bits per heavy atom. The number of ether oxygens (including phenoxy) is 2. The van der Waals surface area contributed by atoms with E-state index in [9.17, 15) is 4.79 Å². The monoisotopic (exact) mass is 462 g/mol. The third kappa shape index (κ3) is 5.74. The quantitative estimate of drug-likeness (QED) is 0.527. The van der Waals surface area contributed by atoms with Crippen molar-refractivity contribution >= 4 is 28.9 Å². The zero-order chi connectivity index (χ0) is 23.9. The summed E-state index contributed by atoms with van der Waals surface area (Å²) < 4.78 is 11.1. The standard InChI is InChI=1S/C25H30N6O3/c1-30(2)24(32)17-27-19-6-4-18(5-7-19)21-10-11-26-25(29-21)28-20-8-9-22(23(16-20)33-3)31-12-14-34-15-13-31/h4-11,16,27H,12-15,17H2,1-3H3,(H,26,28,29). The number of carbonyl (C=O) groups is 1. The molecule has 1 amide bonds. The second-order valence-electron chi connectivity index (χ2n) is 8.10. The van der Waals surface area contributed by atoms with Crippen molar-refractivity contribution < 1.29 is 14.3 Å². The van der Waals surface area contributed by atoms with E-state index < -0.39 is 0 Å². The summed E-state index contributed by atoms with van der Waals surface area (Å²) in [5.74, 6) is 1.31. The van der Waals surface area contributed by atoms with Crippen LogP contribution in [0.3, 0.4) is 0 Å². The van der Waals surface area contributed by atoms with E-state index in [2.05, 4.69) is 25.5 Å². The Bertz CT molecular complexity index is 1110. The van der Waals surface area contributed by atoms with E-state index in [-0.39, 0.29) is 12.5 Å². The van der Waals surface area contributed by atoms with E-state index in [4.69, 9.17) is 9.47 Å². The fraction of sp³-hybridized carbons (Fsp3) is 0.320. The summed E-state index contributed by atoms with van der Waals surface area (Å²) in [6, 6.07) is 15.7. The van der Waals surface area contributed by atoms with Crippen molar-refractivity contribution in [3.05, 3.63) is 54.7 Å². The normalized spacial score (nSPS) is 13.3. The molecule has 0 unspecified atom stereocenters. The first-order valence-electron chi connectivity index (χ1n) is 11.2. The zero-order valence-electron chi connectivity index (χ0n) is 19.7. The maximum atomic E-state index is 11.8. The van der Waals surface area contributed by atoms with Crippen LogP contribution in [0.5, 0.6) is 5.75 Å². The van der Waals surface area contributed by atoms with Crippen molar-refractivity contribution in [1.29, 1.82) is 0 Å². The van der Waals surface area contributed by atoms with Gasteiger partial charge in [-0.1, -0.05) is 12.1 Å². The molecule has 9 nitrogen and oxygen atoms in total. The number of hydrogen-bond acceptors (Lipinski definition) is 8. The number of amides is 1. The van der Waals surface area contributed by atoms with Crippen molar-refractivity contribution in [1.82, 2.24) is 14.9 Å². The highest BCUT2D eigenvalue weighted by Crippen LogP contribution is 2.32. The largest absolute Gasteiger partial charge is 0.495 e. The second kappa shape index (κ2) is 10.8. The SMILES string of the molecule is COc1cc(Nc2nccc(-c3ccc(NCC(=O)N(C)C)cc3)n2)ccc1N1CCOCC1. The number of methoxy groups -OCH3 is 1. The fourth-order valence-electron chi connectivity index (χ4n) is 3.62. The molecule has 178 valence electrons. The van der Waals surface area contributed by atoms with E-state index in [1.807, 2.05) is 48.5 Å². The fourth-order valence-corrected chi connectivity index (χ4v) is 3.62. The van der Waals surface area contributed by atoms with Gasteiger partial charge in [0.15, 0.2) is 0 Å². The Hall–Kier alpha value is -3.85. The number of nitrogens with one attached hydrogen (secondary N) is 2. The molecule has 0 radical (unpaired) electrons. The Kier molecular flexibility index (Phi) is 7.44. The average molecular weight is 463 g/mol. The molecule has 2 aromatic carbocycles. The van der Waals surface area contributed by atoms with Gasteiger partial charge in [-0.2, -0.15) is 0 Å². The van der Waals surface area contributed by atoms with Gasteiger partial charge in [0.05, 0.1) is 38.2 Å². The number of aromatic nitrogens is 2. The third-order valence-electron chi connectivity index (χ3n) is 5.57. The highest BCUT2D eigenvalue weighted by atomic mass is 16.5. The van der Waals surface area contributed by atoms with Crippen LogP contribution in [0.25, 0.3) is 11.3 Å². The van der Waals surface area contributed by atoms with Crippen molar-refractivity contribution in [3.8, 4) is 17.0 Å². The van der Waals surface area contributed by atoms with Crippen LogP contribution < -0.4 is 20.3 Å². The third-order valence-corrected chi connectivity index (χ3v) is 5.57. The van der Waals surface area contributed by atoms with E-state index >= 15 is 0 Å². The van der Waals surface area contributed by atoms with Gasteiger partial charge in [-0.15, -0.1) is 0 Å². The summed E-state index contributed by atoms with van der Waals surface area (Å²) in [5, 5.41) is 6.40. The van der Waals surface area contributed by atoms with Gasteiger partial charge in [0.25, 0.3) is 0 Å². The summed E-state index contributed by atoms with van der Waals surface area (Å²) in [7, 11) is 5.15. The molecule has 0 aliphatic carbocycles. The molecular weight excluding hydrogens is 432 g/mol. The van der Waals surface area contributed by atoms with Crippen molar-refractivity contribution in [2.24, 2.45) is 0 Å². The molecule has 4 rings (SSSR count). The number of rotatable bonds is 8. The van der Waals surface area contributed by atoms with Crippen LogP contribution in [0.1, 0.15) is 0 Å². The van der Waals surface area contributed by atoms with Gasteiger partial charge >= 0.3 is 0 Å². The number of hydrogen-bond donors (Lipinski definition) is 2. The van der Waals surface area contributed by atoms with E-state index in [1.54, 1.807) is 32.3 Å².